The van der Waals surface area contributed by atoms with Crippen molar-refractivity contribution in [3.63, 3.8) is 0 Å². The molecular formula is C15H22BrNO2. The first-order valence-electron chi connectivity index (χ1n) is 6.86. The highest BCUT2D eigenvalue weighted by Gasteiger charge is 2.34. The summed E-state index contributed by atoms with van der Waals surface area (Å²) in [6.45, 7) is 4.16. The number of benzene rings is 1. The molecule has 4 heteroatoms. The maximum Gasteiger partial charge on any atom is 0.172 e. The lowest BCUT2D eigenvalue weighted by atomic mass is 9.67. The molecule has 3 nitrogen and oxygen atoms in total. The van der Waals surface area contributed by atoms with Crippen LogP contribution >= 0.6 is 15.9 Å². The number of phenols is 1. The van der Waals surface area contributed by atoms with E-state index in [0.717, 1.165) is 18.7 Å². The van der Waals surface area contributed by atoms with Crippen molar-refractivity contribution < 1.29 is 9.84 Å². The fraction of sp³-hybridized carbons (Fsp3) is 0.600. The zero-order chi connectivity index (χ0) is 13.9. The molecule has 0 aliphatic heterocycles. The summed E-state index contributed by atoms with van der Waals surface area (Å²) in [6, 6.07) is 3.82. The van der Waals surface area contributed by atoms with E-state index in [1.54, 1.807) is 7.11 Å². The van der Waals surface area contributed by atoms with E-state index in [9.17, 15) is 5.11 Å². The van der Waals surface area contributed by atoms with Crippen molar-refractivity contribution in [2.24, 2.45) is 5.41 Å². The molecule has 0 saturated heterocycles. The number of halogens is 1. The molecule has 106 valence electrons. The fourth-order valence-corrected chi connectivity index (χ4v) is 3.18. The molecule has 0 spiro atoms. The van der Waals surface area contributed by atoms with Gasteiger partial charge in [-0.25, -0.2) is 0 Å². The lowest BCUT2D eigenvalue weighted by Crippen LogP contribution is -2.39. The normalized spacial score (nSPS) is 17.0. The first-order valence-corrected chi connectivity index (χ1v) is 7.65. The Labute approximate surface area is 123 Å². The second-order valence-corrected chi connectivity index (χ2v) is 6.29. The van der Waals surface area contributed by atoms with E-state index in [-0.39, 0.29) is 5.75 Å². The molecule has 0 aromatic heterocycles. The highest BCUT2D eigenvalue weighted by atomic mass is 79.9. The number of hydrogen-bond donors (Lipinski definition) is 2. The lowest BCUT2D eigenvalue weighted by Gasteiger charge is -2.41. The van der Waals surface area contributed by atoms with Crippen LogP contribution in [0.1, 0.15) is 38.2 Å². The molecule has 1 aliphatic rings. The van der Waals surface area contributed by atoms with Gasteiger partial charge in [0.05, 0.1) is 11.6 Å². The topological polar surface area (TPSA) is 41.5 Å². The number of rotatable bonds is 6. The summed E-state index contributed by atoms with van der Waals surface area (Å²) in [5.41, 5.74) is 1.64. The monoisotopic (exact) mass is 327 g/mol. The summed E-state index contributed by atoms with van der Waals surface area (Å²) in [4.78, 5) is 0. The van der Waals surface area contributed by atoms with Crippen molar-refractivity contribution in [2.75, 3.05) is 13.7 Å². The van der Waals surface area contributed by atoms with Crippen LogP contribution in [-0.2, 0) is 6.54 Å². The van der Waals surface area contributed by atoms with Gasteiger partial charge in [0, 0.05) is 13.1 Å². The molecule has 0 atom stereocenters. The van der Waals surface area contributed by atoms with Gasteiger partial charge in [-0.3, -0.25) is 0 Å². The Morgan fingerprint density at radius 1 is 1.42 bits per heavy atom. The van der Waals surface area contributed by atoms with Crippen LogP contribution in [-0.4, -0.2) is 18.8 Å². The zero-order valence-corrected chi connectivity index (χ0v) is 13.2. The number of nitrogens with one attached hydrogen (secondary N) is 1. The van der Waals surface area contributed by atoms with Gasteiger partial charge in [0.1, 0.15) is 0 Å². The SMILES string of the molecule is CCC1(CNCc2cc(Br)c(O)c(OC)c2)CCC1. The van der Waals surface area contributed by atoms with E-state index in [0.29, 0.717) is 15.6 Å². The van der Waals surface area contributed by atoms with Crippen molar-refractivity contribution >= 4 is 15.9 Å². The molecule has 2 N–H and O–H groups in total. The van der Waals surface area contributed by atoms with Gasteiger partial charge >= 0.3 is 0 Å². The average molecular weight is 328 g/mol. The minimum absolute atomic E-state index is 0.162. The lowest BCUT2D eigenvalue weighted by molar-refractivity contribution is 0.124. The van der Waals surface area contributed by atoms with Crippen LogP contribution < -0.4 is 10.1 Å². The van der Waals surface area contributed by atoms with Crippen molar-refractivity contribution in [1.29, 1.82) is 0 Å². The van der Waals surface area contributed by atoms with Crippen molar-refractivity contribution in [1.82, 2.24) is 5.32 Å². The van der Waals surface area contributed by atoms with Crippen LogP contribution in [0, 0.1) is 5.41 Å². The Bertz CT molecular complexity index is 439. The molecule has 1 aromatic carbocycles. The Balaban J connectivity index is 1.94. The maximum atomic E-state index is 9.77. The van der Waals surface area contributed by atoms with Crippen LogP contribution in [0.5, 0.6) is 11.5 Å². The van der Waals surface area contributed by atoms with Crippen LogP contribution in [0.4, 0.5) is 0 Å². The molecule has 0 bridgehead atoms. The van der Waals surface area contributed by atoms with Gasteiger partial charge in [-0.05, 0) is 58.3 Å². The molecule has 1 aliphatic carbocycles. The Hall–Kier alpha value is -0.740. The second kappa shape index (κ2) is 6.14. The second-order valence-electron chi connectivity index (χ2n) is 5.44. The predicted octanol–water partition coefficient (Wildman–Crippen LogP) is 3.83. The maximum absolute atomic E-state index is 9.77. The predicted molar refractivity (Wildman–Crippen MR) is 80.6 cm³/mol. The van der Waals surface area contributed by atoms with E-state index in [2.05, 4.69) is 28.2 Å². The average Bonchev–Trinajstić information content (AvgIpc) is 2.36. The summed E-state index contributed by atoms with van der Waals surface area (Å²) in [7, 11) is 1.57. The quantitative estimate of drug-likeness (QED) is 0.834. The highest BCUT2D eigenvalue weighted by molar-refractivity contribution is 9.10. The number of aromatic hydroxyl groups is 1. The van der Waals surface area contributed by atoms with E-state index < -0.39 is 0 Å². The van der Waals surface area contributed by atoms with Gasteiger partial charge in [-0.15, -0.1) is 0 Å². The summed E-state index contributed by atoms with van der Waals surface area (Å²) in [5, 5.41) is 13.3. The number of ether oxygens (including phenoxy) is 1. The van der Waals surface area contributed by atoms with Gasteiger partial charge in [0.2, 0.25) is 0 Å². The number of hydrogen-bond acceptors (Lipinski definition) is 3. The molecule has 0 radical (unpaired) electrons. The first-order chi connectivity index (χ1) is 9.10. The number of phenolic OH excluding ortho intramolecular Hbond substituents is 1. The van der Waals surface area contributed by atoms with E-state index >= 15 is 0 Å². The van der Waals surface area contributed by atoms with Gasteiger partial charge in [-0.2, -0.15) is 0 Å². The third-order valence-corrected chi connectivity index (χ3v) is 4.91. The Morgan fingerprint density at radius 3 is 2.68 bits per heavy atom. The Kier molecular flexibility index (Phi) is 4.74. The van der Waals surface area contributed by atoms with Gasteiger partial charge in [0.15, 0.2) is 11.5 Å². The minimum atomic E-state index is 0.162. The molecule has 19 heavy (non-hydrogen) atoms. The van der Waals surface area contributed by atoms with Crippen molar-refractivity contribution in [3.8, 4) is 11.5 Å². The van der Waals surface area contributed by atoms with Crippen LogP contribution in [0.3, 0.4) is 0 Å². The molecule has 0 unspecified atom stereocenters. The number of methoxy groups -OCH3 is 1. The third kappa shape index (κ3) is 3.23. The molecular weight excluding hydrogens is 306 g/mol. The molecule has 2 rings (SSSR count). The van der Waals surface area contributed by atoms with E-state index in [4.69, 9.17) is 4.74 Å². The minimum Gasteiger partial charge on any atom is -0.503 e. The van der Waals surface area contributed by atoms with Gasteiger partial charge in [-0.1, -0.05) is 13.3 Å². The van der Waals surface area contributed by atoms with Crippen LogP contribution in [0.2, 0.25) is 0 Å². The van der Waals surface area contributed by atoms with Crippen molar-refractivity contribution in [3.05, 3.63) is 22.2 Å². The van der Waals surface area contributed by atoms with Gasteiger partial charge < -0.3 is 15.2 Å². The molecule has 1 saturated carbocycles. The molecule has 1 aromatic rings. The molecule has 1 fully saturated rings. The molecule has 0 amide bonds. The molecule has 0 heterocycles. The first kappa shape index (κ1) is 14.7. The van der Waals surface area contributed by atoms with E-state index in [1.807, 2.05) is 12.1 Å². The Morgan fingerprint density at radius 2 is 2.16 bits per heavy atom. The van der Waals surface area contributed by atoms with Crippen LogP contribution in [0.25, 0.3) is 0 Å². The van der Waals surface area contributed by atoms with E-state index in [1.165, 1.54) is 25.7 Å². The smallest absolute Gasteiger partial charge is 0.172 e. The largest absolute Gasteiger partial charge is 0.503 e. The summed E-state index contributed by atoms with van der Waals surface area (Å²) in [5.74, 6) is 0.676. The standard InChI is InChI=1S/C15H22BrNO2/c1-3-15(5-4-6-15)10-17-9-11-7-12(16)14(18)13(8-11)19-2/h7-8,17-18H,3-6,9-10H2,1-2H3. The summed E-state index contributed by atoms with van der Waals surface area (Å²) in [6.07, 6.45) is 5.31. The summed E-state index contributed by atoms with van der Waals surface area (Å²) >= 11 is 3.35. The zero-order valence-electron chi connectivity index (χ0n) is 11.6. The van der Waals surface area contributed by atoms with Gasteiger partial charge in [0.25, 0.3) is 0 Å². The fourth-order valence-electron chi connectivity index (χ4n) is 2.69. The third-order valence-electron chi connectivity index (χ3n) is 4.30. The van der Waals surface area contributed by atoms with Crippen molar-refractivity contribution in [2.45, 2.75) is 39.2 Å². The summed E-state index contributed by atoms with van der Waals surface area (Å²) < 4.78 is 5.84. The van der Waals surface area contributed by atoms with Crippen LogP contribution in [0.15, 0.2) is 16.6 Å². The highest BCUT2D eigenvalue weighted by Crippen LogP contribution is 2.43.